The molecule has 1 fully saturated rings. The molecule has 0 bridgehead atoms. The van der Waals surface area contributed by atoms with Gasteiger partial charge in [0.2, 0.25) is 0 Å². The highest BCUT2D eigenvalue weighted by atomic mass is 16.7. The van der Waals surface area contributed by atoms with E-state index in [9.17, 15) is 30.0 Å². The molecule has 0 amide bonds. The standard InChI is InChI=1S/C53H90O10/c1-3-5-7-9-11-13-15-17-19-21-22-23-24-26-27-29-31-33-35-37-39-41-48(55)60-44-46(45-61-53-52(59)51(58)50(57)47(43-54)63-53)62-49(56)42-40-38-36-34-32-30-28-25-20-18-16-14-12-10-8-6-4-2/h6,8,12,14,17-20,28,30,34,36,46-47,50-54,57-59H,3-5,7,9-11,13,15-16,21-27,29,31-33,35,37-45H2,1-2H3/b8-6+,14-12+,19-17+,20-18+,30-28+,36-34+/t46-,47-,50+,51?,52?,53-/m0/s1. The number of rotatable bonds is 41. The topological polar surface area (TPSA) is 152 Å². The van der Waals surface area contributed by atoms with Crippen LogP contribution in [0.1, 0.15) is 194 Å². The fourth-order valence-electron chi connectivity index (χ4n) is 7.16. The van der Waals surface area contributed by atoms with Gasteiger partial charge in [-0.3, -0.25) is 9.59 Å². The van der Waals surface area contributed by atoms with Gasteiger partial charge in [0.05, 0.1) is 13.2 Å². The Kier molecular flexibility index (Phi) is 39.7. The lowest BCUT2D eigenvalue weighted by Gasteiger charge is -2.39. The Bertz CT molecular complexity index is 1250. The van der Waals surface area contributed by atoms with Gasteiger partial charge < -0.3 is 39.4 Å². The Morgan fingerprint density at radius 2 is 0.952 bits per heavy atom. The Balaban J connectivity index is 2.30. The van der Waals surface area contributed by atoms with E-state index in [1.165, 1.54) is 96.3 Å². The number of carbonyl (C=O) groups is 2. The maximum absolute atomic E-state index is 12.8. The van der Waals surface area contributed by atoms with Gasteiger partial charge in [-0.25, -0.2) is 0 Å². The Labute approximate surface area is 383 Å². The molecule has 10 heteroatoms. The molecule has 0 saturated carbocycles. The average Bonchev–Trinajstić information content (AvgIpc) is 3.28. The molecule has 4 N–H and O–H groups in total. The van der Waals surface area contributed by atoms with Crippen molar-refractivity contribution in [3.63, 3.8) is 0 Å². The van der Waals surface area contributed by atoms with Crippen LogP contribution in [0, 0.1) is 0 Å². The molecule has 0 spiro atoms. The molecular formula is C53H90O10. The predicted molar refractivity (Wildman–Crippen MR) is 256 cm³/mol. The number of ether oxygens (including phenoxy) is 4. The molecule has 1 aliphatic rings. The number of carbonyl (C=O) groups excluding carboxylic acids is 2. The summed E-state index contributed by atoms with van der Waals surface area (Å²) < 4.78 is 22.2. The highest BCUT2D eigenvalue weighted by Gasteiger charge is 2.44. The van der Waals surface area contributed by atoms with E-state index in [0.717, 1.165) is 51.4 Å². The molecule has 63 heavy (non-hydrogen) atoms. The summed E-state index contributed by atoms with van der Waals surface area (Å²) in [6.07, 6.45) is 47.7. The predicted octanol–water partition coefficient (Wildman–Crippen LogP) is 11.6. The van der Waals surface area contributed by atoms with Crippen LogP contribution in [0.4, 0.5) is 0 Å². The third kappa shape index (κ3) is 34.2. The lowest BCUT2D eigenvalue weighted by Crippen LogP contribution is -2.59. The third-order valence-corrected chi connectivity index (χ3v) is 11.1. The van der Waals surface area contributed by atoms with Gasteiger partial charge in [-0.2, -0.15) is 0 Å². The number of allylic oxidation sites excluding steroid dienone is 12. The summed E-state index contributed by atoms with van der Waals surface area (Å²) in [5, 5.41) is 40.2. The van der Waals surface area contributed by atoms with Crippen LogP contribution in [0.3, 0.4) is 0 Å². The molecule has 10 nitrogen and oxygen atoms in total. The highest BCUT2D eigenvalue weighted by molar-refractivity contribution is 5.70. The van der Waals surface area contributed by atoms with Crippen molar-refractivity contribution in [1.29, 1.82) is 0 Å². The minimum atomic E-state index is -1.61. The smallest absolute Gasteiger partial charge is 0.306 e. The van der Waals surface area contributed by atoms with Crippen molar-refractivity contribution >= 4 is 11.9 Å². The van der Waals surface area contributed by atoms with Crippen molar-refractivity contribution in [1.82, 2.24) is 0 Å². The summed E-state index contributed by atoms with van der Waals surface area (Å²) in [6, 6.07) is 0. The second-order valence-electron chi connectivity index (χ2n) is 16.9. The van der Waals surface area contributed by atoms with Crippen LogP contribution >= 0.6 is 0 Å². The average molecular weight is 887 g/mol. The molecule has 1 rings (SSSR count). The molecular weight excluding hydrogens is 797 g/mol. The first-order valence-corrected chi connectivity index (χ1v) is 25.0. The summed E-state index contributed by atoms with van der Waals surface area (Å²) in [6.45, 7) is 3.26. The number of hydrogen-bond acceptors (Lipinski definition) is 10. The first-order chi connectivity index (χ1) is 30.8. The fourth-order valence-corrected chi connectivity index (χ4v) is 7.16. The SMILES string of the molecule is CC/C=C/C/C=C/C/C=C/C/C=C/C/C=C/CCCC(=O)O[C@@H](COC(=O)CCCCCCCCCCCCC/C=C/CCCCCCCC)CO[C@H]1O[C@@H](CO)[C@@H](O)C(O)C1O. The molecule has 6 atom stereocenters. The van der Waals surface area contributed by atoms with Gasteiger partial charge in [-0.1, -0.05) is 177 Å². The number of aliphatic hydroxyl groups is 4. The lowest BCUT2D eigenvalue weighted by molar-refractivity contribution is -0.305. The Morgan fingerprint density at radius 3 is 1.48 bits per heavy atom. The Hall–Kier alpha value is -2.86. The molecule has 0 aromatic rings. The van der Waals surface area contributed by atoms with Gasteiger partial charge in [0, 0.05) is 12.8 Å². The molecule has 362 valence electrons. The molecule has 2 unspecified atom stereocenters. The molecule has 0 aromatic carbocycles. The monoisotopic (exact) mass is 887 g/mol. The maximum Gasteiger partial charge on any atom is 0.306 e. The molecule has 1 heterocycles. The van der Waals surface area contributed by atoms with Crippen molar-refractivity contribution in [3.8, 4) is 0 Å². The number of hydrogen-bond donors (Lipinski definition) is 4. The van der Waals surface area contributed by atoms with E-state index in [1.54, 1.807) is 0 Å². The van der Waals surface area contributed by atoms with Gasteiger partial charge in [-0.15, -0.1) is 0 Å². The molecule has 0 aromatic heterocycles. The van der Waals surface area contributed by atoms with Gasteiger partial charge in [0.15, 0.2) is 12.4 Å². The minimum Gasteiger partial charge on any atom is -0.462 e. The number of esters is 2. The van der Waals surface area contributed by atoms with Crippen molar-refractivity contribution in [2.45, 2.75) is 230 Å². The van der Waals surface area contributed by atoms with Gasteiger partial charge >= 0.3 is 11.9 Å². The minimum absolute atomic E-state index is 0.149. The van der Waals surface area contributed by atoms with Crippen LogP contribution in [0.2, 0.25) is 0 Å². The van der Waals surface area contributed by atoms with Gasteiger partial charge in [-0.05, 0) is 77.0 Å². The van der Waals surface area contributed by atoms with E-state index in [1.807, 2.05) is 6.08 Å². The normalized spacial score (nSPS) is 20.1. The zero-order valence-electron chi connectivity index (χ0n) is 39.6. The van der Waals surface area contributed by atoms with Gasteiger partial charge in [0.25, 0.3) is 0 Å². The summed E-state index contributed by atoms with van der Waals surface area (Å²) in [4.78, 5) is 25.4. The first-order valence-electron chi connectivity index (χ1n) is 25.0. The molecule has 1 saturated heterocycles. The lowest BCUT2D eigenvalue weighted by atomic mass is 9.99. The van der Waals surface area contributed by atoms with Crippen molar-refractivity contribution < 1.29 is 49.0 Å². The fraction of sp³-hybridized carbons (Fsp3) is 0.736. The summed E-state index contributed by atoms with van der Waals surface area (Å²) in [5.41, 5.74) is 0. The van der Waals surface area contributed by atoms with Crippen LogP contribution < -0.4 is 0 Å². The van der Waals surface area contributed by atoms with Crippen molar-refractivity contribution in [2.24, 2.45) is 0 Å². The molecule has 0 aliphatic carbocycles. The quantitative estimate of drug-likeness (QED) is 0.0265. The zero-order valence-corrected chi connectivity index (χ0v) is 39.6. The van der Waals surface area contributed by atoms with E-state index in [2.05, 4.69) is 80.7 Å². The highest BCUT2D eigenvalue weighted by Crippen LogP contribution is 2.22. The van der Waals surface area contributed by atoms with E-state index >= 15 is 0 Å². The molecule has 1 aliphatic heterocycles. The third-order valence-electron chi connectivity index (χ3n) is 11.1. The van der Waals surface area contributed by atoms with E-state index in [4.69, 9.17) is 18.9 Å². The largest absolute Gasteiger partial charge is 0.462 e. The molecule has 0 radical (unpaired) electrons. The second kappa shape index (κ2) is 43.1. The second-order valence-corrected chi connectivity index (χ2v) is 16.9. The van der Waals surface area contributed by atoms with Crippen LogP contribution in [0.25, 0.3) is 0 Å². The summed E-state index contributed by atoms with van der Waals surface area (Å²) >= 11 is 0. The van der Waals surface area contributed by atoms with E-state index in [0.29, 0.717) is 19.3 Å². The van der Waals surface area contributed by atoms with E-state index < -0.39 is 55.4 Å². The summed E-state index contributed by atoms with van der Waals surface area (Å²) in [5.74, 6) is -0.877. The van der Waals surface area contributed by atoms with Crippen LogP contribution in [0.15, 0.2) is 72.9 Å². The summed E-state index contributed by atoms with van der Waals surface area (Å²) in [7, 11) is 0. The number of aliphatic hydroxyl groups excluding tert-OH is 4. The van der Waals surface area contributed by atoms with Crippen LogP contribution in [-0.4, -0.2) is 89.0 Å². The first kappa shape index (κ1) is 58.2. The Morgan fingerprint density at radius 1 is 0.508 bits per heavy atom. The van der Waals surface area contributed by atoms with Gasteiger partial charge in [0.1, 0.15) is 31.0 Å². The van der Waals surface area contributed by atoms with Crippen molar-refractivity contribution in [3.05, 3.63) is 72.9 Å². The number of unbranched alkanes of at least 4 members (excludes halogenated alkanes) is 18. The van der Waals surface area contributed by atoms with Crippen LogP contribution in [0.5, 0.6) is 0 Å². The van der Waals surface area contributed by atoms with Crippen LogP contribution in [-0.2, 0) is 28.5 Å². The zero-order chi connectivity index (χ0) is 45.9. The maximum atomic E-state index is 12.8. The van der Waals surface area contributed by atoms with Crippen molar-refractivity contribution in [2.75, 3.05) is 19.8 Å². The van der Waals surface area contributed by atoms with E-state index in [-0.39, 0.29) is 26.1 Å².